The smallest absolute Gasteiger partial charge is 0.255 e. The highest BCUT2D eigenvalue weighted by molar-refractivity contribution is 5.34. The van der Waals surface area contributed by atoms with Gasteiger partial charge in [0.05, 0.1) is 0 Å². The quantitative estimate of drug-likeness (QED) is 0.684. The maximum atomic E-state index is 12.8. The van der Waals surface area contributed by atoms with E-state index in [4.69, 9.17) is 4.74 Å². The Morgan fingerprint density at radius 2 is 1.76 bits per heavy atom. The van der Waals surface area contributed by atoms with Gasteiger partial charge in [-0.3, -0.25) is 0 Å². The lowest BCUT2D eigenvalue weighted by atomic mass is 10.1. The Labute approximate surface area is 122 Å². The van der Waals surface area contributed by atoms with Crippen LogP contribution in [0.3, 0.4) is 0 Å². The molecular formula is C18H16F2O. The molecule has 0 radical (unpaired) electrons. The average molecular weight is 286 g/mol. The van der Waals surface area contributed by atoms with E-state index in [0.29, 0.717) is 6.42 Å². The van der Waals surface area contributed by atoms with Gasteiger partial charge in [-0.15, -0.1) is 0 Å². The van der Waals surface area contributed by atoms with Crippen molar-refractivity contribution in [3.05, 3.63) is 72.3 Å². The minimum absolute atomic E-state index is 0.0132. The largest absolute Gasteiger partial charge is 0.457 e. The number of ether oxygens (including phenoxy) is 1. The normalized spacial score (nSPS) is 19.6. The summed E-state index contributed by atoms with van der Waals surface area (Å²) in [5.41, 5.74) is 1.05. The zero-order chi connectivity index (χ0) is 14.7. The number of benzene rings is 2. The molecule has 3 heteroatoms. The summed E-state index contributed by atoms with van der Waals surface area (Å²) in [6.45, 7) is 0. The van der Waals surface area contributed by atoms with Gasteiger partial charge in [0, 0.05) is 12.3 Å². The summed E-state index contributed by atoms with van der Waals surface area (Å²) in [7, 11) is 0. The average Bonchev–Trinajstić information content (AvgIpc) is 3.08. The van der Waals surface area contributed by atoms with E-state index >= 15 is 0 Å². The van der Waals surface area contributed by atoms with E-state index in [0.717, 1.165) is 17.1 Å². The van der Waals surface area contributed by atoms with Crippen LogP contribution in [-0.2, 0) is 6.42 Å². The molecule has 1 nitrogen and oxygen atoms in total. The zero-order valence-electron chi connectivity index (χ0n) is 11.5. The van der Waals surface area contributed by atoms with E-state index in [-0.39, 0.29) is 6.42 Å². The monoisotopic (exact) mass is 286 g/mol. The number of hydrogen-bond acceptors (Lipinski definition) is 1. The van der Waals surface area contributed by atoms with Gasteiger partial charge in [-0.05, 0) is 36.2 Å². The van der Waals surface area contributed by atoms with E-state index in [9.17, 15) is 8.78 Å². The van der Waals surface area contributed by atoms with Gasteiger partial charge in [0.25, 0.3) is 5.92 Å². The summed E-state index contributed by atoms with van der Waals surface area (Å²) in [6, 6.07) is 17.2. The molecular weight excluding hydrogens is 270 g/mol. The molecule has 108 valence electrons. The lowest BCUT2D eigenvalue weighted by molar-refractivity contribution is 0.107. The number of allylic oxidation sites excluding steroid dienone is 2. The molecule has 1 atom stereocenters. The Morgan fingerprint density at radius 1 is 1.05 bits per heavy atom. The van der Waals surface area contributed by atoms with Gasteiger partial charge < -0.3 is 4.74 Å². The van der Waals surface area contributed by atoms with E-state index in [1.807, 2.05) is 60.7 Å². The van der Waals surface area contributed by atoms with Crippen molar-refractivity contribution in [3.63, 3.8) is 0 Å². The summed E-state index contributed by atoms with van der Waals surface area (Å²) >= 11 is 0. The topological polar surface area (TPSA) is 9.23 Å². The Hall–Kier alpha value is -2.16. The van der Waals surface area contributed by atoms with Gasteiger partial charge in [-0.1, -0.05) is 42.5 Å². The SMILES string of the molecule is FC1(F)CC1/C=C/Cc1cccc(Oc2ccccc2)c1. The number of alkyl halides is 2. The summed E-state index contributed by atoms with van der Waals surface area (Å²) < 4.78 is 31.3. The summed E-state index contributed by atoms with van der Waals surface area (Å²) in [5.74, 6) is -1.51. The lowest BCUT2D eigenvalue weighted by Gasteiger charge is -2.06. The number of hydrogen-bond donors (Lipinski definition) is 0. The van der Waals surface area contributed by atoms with Crippen LogP contribution >= 0.6 is 0 Å². The molecule has 1 aliphatic rings. The second-order valence-corrected chi connectivity index (χ2v) is 5.27. The number of halogens is 2. The Bertz CT molecular complexity index is 635. The minimum atomic E-state index is -2.48. The maximum Gasteiger partial charge on any atom is 0.255 e. The molecule has 0 aliphatic heterocycles. The van der Waals surface area contributed by atoms with Crippen molar-refractivity contribution >= 4 is 0 Å². The van der Waals surface area contributed by atoms with Gasteiger partial charge in [-0.2, -0.15) is 0 Å². The number of para-hydroxylation sites is 1. The summed E-state index contributed by atoms with van der Waals surface area (Å²) in [4.78, 5) is 0. The molecule has 2 aromatic carbocycles. The van der Waals surface area contributed by atoms with Crippen molar-refractivity contribution < 1.29 is 13.5 Å². The molecule has 1 fully saturated rings. The van der Waals surface area contributed by atoms with Gasteiger partial charge in [0.2, 0.25) is 0 Å². The molecule has 1 unspecified atom stereocenters. The first-order valence-electron chi connectivity index (χ1n) is 7.00. The van der Waals surface area contributed by atoms with E-state index in [1.54, 1.807) is 6.08 Å². The van der Waals surface area contributed by atoms with Crippen LogP contribution in [0.15, 0.2) is 66.7 Å². The number of rotatable bonds is 5. The Kier molecular flexibility index (Phi) is 3.74. The minimum Gasteiger partial charge on any atom is -0.457 e. The van der Waals surface area contributed by atoms with Crippen molar-refractivity contribution in [1.29, 1.82) is 0 Å². The molecule has 0 N–H and O–H groups in total. The predicted molar refractivity (Wildman–Crippen MR) is 78.9 cm³/mol. The van der Waals surface area contributed by atoms with Crippen LogP contribution in [0.1, 0.15) is 12.0 Å². The highest BCUT2D eigenvalue weighted by atomic mass is 19.3. The standard InChI is InChI=1S/C18H16F2O/c19-18(20)13-15(18)8-4-6-14-7-5-11-17(12-14)21-16-9-2-1-3-10-16/h1-5,7-12,15H,6,13H2/b8-4+. The predicted octanol–water partition coefficient (Wildman–Crippen LogP) is 5.23. The molecule has 0 amide bonds. The van der Waals surface area contributed by atoms with Crippen molar-refractivity contribution in [1.82, 2.24) is 0 Å². The molecule has 0 saturated heterocycles. The second-order valence-electron chi connectivity index (χ2n) is 5.27. The highest BCUT2D eigenvalue weighted by Crippen LogP contribution is 2.49. The van der Waals surface area contributed by atoms with Crippen molar-refractivity contribution in [2.45, 2.75) is 18.8 Å². The third kappa shape index (κ3) is 3.69. The first-order valence-corrected chi connectivity index (χ1v) is 7.00. The summed E-state index contributed by atoms with van der Waals surface area (Å²) in [6.07, 6.45) is 4.05. The van der Waals surface area contributed by atoms with Crippen LogP contribution in [0.4, 0.5) is 8.78 Å². The molecule has 0 heterocycles. The van der Waals surface area contributed by atoms with Gasteiger partial charge >= 0.3 is 0 Å². The zero-order valence-corrected chi connectivity index (χ0v) is 11.5. The van der Waals surface area contributed by atoms with E-state index < -0.39 is 11.8 Å². The molecule has 0 bridgehead atoms. The van der Waals surface area contributed by atoms with Crippen LogP contribution in [0.2, 0.25) is 0 Å². The van der Waals surface area contributed by atoms with Crippen LogP contribution < -0.4 is 4.74 Å². The molecule has 21 heavy (non-hydrogen) atoms. The maximum absolute atomic E-state index is 12.8. The van der Waals surface area contributed by atoms with Gasteiger partial charge in [-0.25, -0.2) is 8.78 Å². The molecule has 1 saturated carbocycles. The van der Waals surface area contributed by atoms with Crippen LogP contribution in [0, 0.1) is 5.92 Å². The fourth-order valence-corrected chi connectivity index (χ4v) is 2.17. The molecule has 1 aliphatic carbocycles. The highest BCUT2D eigenvalue weighted by Gasteiger charge is 2.54. The molecule has 2 aromatic rings. The van der Waals surface area contributed by atoms with Crippen LogP contribution in [0.25, 0.3) is 0 Å². The van der Waals surface area contributed by atoms with E-state index in [2.05, 4.69) is 0 Å². The Morgan fingerprint density at radius 3 is 2.48 bits per heavy atom. The second kappa shape index (κ2) is 5.68. The van der Waals surface area contributed by atoms with Crippen LogP contribution in [-0.4, -0.2) is 5.92 Å². The van der Waals surface area contributed by atoms with Crippen molar-refractivity contribution in [3.8, 4) is 11.5 Å². The van der Waals surface area contributed by atoms with Crippen molar-refractivity contribution in [2.75, 3.05) is 0 Å². The molecule has 3 rings (SSSR count). The first-order chi connectivity index (χ1) is 10.1. The first kappa shape index (κ1) is 13.8. The Balaban J connectivity index is 1.61. The van der Waals surface area contributed by atoms with Crippen molar-refractivity contribution in [2.24, 2.45) is 5.92 Å². The fraction of sp³-hybridized carbons (Fsp3) is 0.222. The molecule has 0 aromatic heterocycles. The van der Waals surface area contributed by atoms with Gasteiger partial charge in [0.1, 0.15) is 11.5 Å². The third-order valence-corrected chi connectivity index (χ3v) is 3.47. The molecule has 0 spiro atoms. The lowest BCUT2D eigenvalue weighted by Crippen LogP contribution is -1.90. The summed E-state index contributed by atoms with van der Waals surface area (Å²) in [5, 5.41) is 0. The fourth-order valence-electron chi connectivity index (χ4n) is 2.17. The van der Waals surface area contributed by atoms with Crippen LogP contribution in [0.5, 0.6) is 11.5 Å². The van der Waals surface area contributed by atoms with Gasteiger partial charge in [0.15, 0.2) is 0 Å². The van der Waals surface area contributed by atoms with E-state index in [1.165, 1.54) is 0 Å². The third-order valence-electron chi connectivity index (χ3n) is 3.47.